The Hall–Kier alpha value is -2.31. The number of hydrogen-bond donors (Lipinski definition) is 1. The summed E-state index contributed by atoms with van der Waals surface area (Å²) in [5, 5.41) is 11.1. The van der Waals surface area contributed by atoms with Gasteiger partial charge in [0.05, 0.1) is 23.3 Å². The zero-order valence-corrected chi connectivity index (χ0v) is 10.8. The van der Waals surface area contributed by atoms with Crippen LogP contribution in [-0.2, 0) is 11.2 Å². The molecule has 1 amide bonds. The fourth-order valence-electron chi connectivity index (χ4n) is 2.43. The molecule has 1 aliphatic heterocycles. The summed E-state index contributed by atoms with van der Waals surface area (Å²) in [6, 6.07) is 3.01. The van der Waals surface area contributed by atoms with Crippen molar-refractivity contribution in [3.05, 3.63) is 27.8 Å². The summed E-state index contributed by atoms with van der Waals surface area (Å²) in [5.74, 6) is 0. The van der Waals surface area contributed by atoms with E-state index >= 15 is 0 Å². The molecule has 0 radical (unpaired) electrons. The van der Waals surface area contributed by atoms with Gasteiger partial charge < -0.3 is 10.5 Å². The van der Waals surface area contributed by atoms with E-state index in [-0.39, 0.29) is 17.4 Å². The summed E-state index contributed by atoms with van der Waals surface area (Å²) in [4.78, 5) is 23.9. The van der Waals surface area contributed by atoms with Gasteiger partial charge >= 0.3 is 6.09 Å². The van der Waals surface area contributed by atoms with Gasteiger partial charge in [-0.15, -0.1) is 0 Å². The number of rotatable bonds is 1. The van der Waals surface area contributed by atoms with Crippen molar-refractivity contribution in [1.82, 2.24) is 0 Å². The Labute approximate surface area is 110 Å². The zero-order chi connectivity index (χ0) is 14.2. The van der Waals surface area contributed by atoms with Crippen molar-refractivity contribution in [3.8, 4) is 0 Å². The molecule has 0 saturated heterocycles. The summed E-state index contributed by atoms with van der Waals surface area (Å²) in [6.45, 7) is 1.88. The molecule has 2 rings (SSSR count). The zero-order valence-electron chi connectivity index (χ0n) is 10.8. The van der Waals surface area contributed by atoms with Gasteiger partial charge in [-0.05, 0) is 31.9 Å². The Bertz CT molecular complexity index is 544. The molecule has 102 valence electrons. The number of nitrogens with zero attached hydrogens (tertiary/aromatic N) is 2. The van der Waals surface area contributed by atoms with E-state index in [9.17, 15) is 14.9 Å². The quantitative estimate of drug-likeness (QED) is 0.476. The average Bonchev–Trinajstić information content (AvgIpc) is 2.37. The second-order valence-electron chi connectivity index (χ2n) is 4.49. The minimum Gasteiger partial charge on any atom is -0.452 e. The summed E-state index contributed by atoms with van der Waals surface area (Å²) < 4.78 is 4.73. The number of carbonyl (C=O) groups excluding carboxylic acids is 1. The first-order chi connectivity index (χ1) is 8.97. The number of fused-ring (bicyclic) bond motifs is 1. The van der Waals surface area contributed by atoms with Gasteiger partial charge in [0.25, 0.3) is 5.69 Å². The largest absolute Gasteiger partial charge is 0.452 e. The highest BCUT2D eigenvalue weighted by atomic mass is 16.6. The molecule has 0 fully saturated rings. The SMILES string of the molecule is COC(=O)N1c2ccc(N)c([N+](=O)[O-])c2CCC1C. The highest BCUT2D eigenvalue weighted by Gasteiger charge is 2.34. The van der Waals surface area contributed by atoms with Gasteiger partial charge in [0.2, 0.25) is 0 Å². The predicted molar refractivity (Wildman–Crippen MR) is 70.2 cm³/mol. The Kier molecular flexibility index (Phi) is 3.28. The molecule has 0 aromatic heterocycles. The molecular formula is C12H15N3O4. The lowest BCUT2D eigenvalue weighted by atomic mass is 9.95. The molecule has 7 heteroatoms. The lowest BCUT2D eigenvalue weighted by Crippen LogP contribution is -2.42. The predicted octanol–water partition coefficient (Wildman–Crippen LogP) is 2.08. The van der Waals surface area contributed by atoms with Crippen molar-refractivity contribution < 1.29 is 14.5 Å². The van der Waals surface area contributed by atoms with E-state index in [1.54, 1.807) is 6.07 Å². The van der Waals surface area contributed by atoms with Crippen LogP contribution in [0.5, 0.6) is 0 Å². The smallest absolute Gasteiger partial charge is 0.414 e. The van der Waals surface area contributed by atoms with Gasteiger partial charge in [-0.25, -0.2) is 4.79 Å². The van der Waals surface area contributed by atoms with E-state index in [0.29, 0.717) is 24.1 Å². The normalized spacial score (nSPS) is 17.8. The van der Waals surface area contributed by atoms with Crippen molar-refractivity contribution >= 4 is 23.2 Å². The van der Waals surface area contributed by atoms with Crippen molar-refractivity contribution in [1.29, 1.82) is 0 Å². The van der Waals surface area contributed by atoms with Crippen LogP contribution < -0.4 is 10.6 Å². The number of nitro benzene ring substituents is 1. The molecule has 19 heavy (non-hydrogen) atoms. The number of methoxy groups -OCH3 is 1. The molecule has 1 atom stereocenters. The molecule has 1 aromatic carbocycles. The topological polar surface area (TPSA) is 98.7 Å². The lowest BCUT2D eigenvalue weighted by molar-refractivity contribution is -0.384. The maximum Gasteiger partial charge on any atom is 0.414 e. The minimum absolute atomic E-state index is 0.0665. The Balaban J connectivity index is 2.61. The molecular weight excluding hydrogens is 250 g/mol. The standard InChI is InChI=1S/C12H15N3O4/c1-7-3-4-8-10(14(7)12(16)19-2)6-5-9(13)11(8)15(17)18/h5-7H,3-4,13H2,1-2H3. The van der Waals surface area contributed by atoms with Crippen LogP contribution in [0.15, 0.2) is 12.1 Å². The number of nitrogens with two attached hydrogens (primary N) is 1. The molecule has 0 saturated carbocycles. The third-order valence-electron chi connectivity index (χ3n) is 3.36. The summed E-state index contributed by atoms with van der Waals surface area (Å²) in [5.41, 5.74) is 6.66. The third-order valence-corrected chi connectivity index (χ3v) is 3.36. The number of hydrogen-bond acceptors (Lipinski definition) is 5. The van der Waals surface area contributed by atoms with E-state index in [1.165, 1.54) is 18.1 Å². The Morgan fingerprint density at radius 1 is 1.58 bits per heavy atom. The summed E-state index contributed by atoms with van der Waals surface area (Å²) >= 11 is 0. The monoisotopic (exact) mass is 265 g/mol. The molecule has 1 aliphatic rings. The number of ether oxygens (including phenoxy) is 1. The Morgan fingerprint density at radius 2 is 2.26 bits per heavy atom. The van der Waals surface area contributed by atoms with Crippen LogP contribution in [0.2, 0.25) is 0 Å². The maximum atomic E-state index is 11.8. The van der Waals surface area contributed by atoms with Crippen LogP contribution in [0.3, 0.4) is 0 Å². The van der Waals surface area contributed by atoms with Crippen molar-refractivity contribution in [2.45, 2.75) is 25.8 Å². The highest BCUT2D eigenvalue weighted by Crippen LogP contribution is 2.39. The van der Waals surface area contributed by atoms with Gasteiger partial charge in [-0.1, -0.05) is 0 Å². The van der Waals surface area contributed by atoms with Crippen LogP contribution in [0, 0.1) is 10.1 Å². The van der Waals surface area contributed by atoms with Gasteiger partial charge in [0.1, 0.15) is 5.69 Å². The van der Waals surface area contributed by atoms with Crippen LogP contribution in [0.1, 0.15) is 18.9 Å². The number of amides is 1. The molecule has 0 spiro atoms. The highest BCUT2D eigenvalue weighted by molar-refractivity contribution is 5.92. The first-order valence-electron chi connectivity index (χ1n) is 5.90. The lowest BCUT2D eigenvalue weighted by Gasteiger charge is -2.33. The maximum absolute atomic E-state index is 11.8. The van der Waals surface area contributed by atoms with E-state index in [2.05, 4.69) is 0 Å². The first-order valence-corrected chi connectivity index (χ1v) is 5.90. The van der Waals surface area contributed by atoms with Crippen molar-refractivity contribution in [2.75, 3.05) is 17.7 Å². The van der Waals surface area contributed by atoms with Gasteiger partial charge in [0.15, 0.2) is 0 Å². The van der Waals surface area contributed by atoms with Gasteiger partial charge in [-0.3, -0.25) is 15.0 Å². The second kappa shape index (κ2) is 4.75. The minimum atomic E-state index is -0.521. The van der Waals surface area contributed by atoms with Crippen molar-refractivity contribution in [2.24, 2.45) is 0 Å². The molecule has 1 unspecified atom stereocenters. The molecule has 7 nitrogen and oxygen atoms in total. The Morgan fingerprint density at radius 3 is 2.84 bits per heavy atom. The number of nitro groups is 1. The number of nitrogen functional groups attached to an aromatic ring is 1. The second-order valence-corrected chi connectivity index (χ2v) is 4.49. The third kappa shape index (κ3) is 2.07. The van der Waals surface area contributed by atoms with E-state index in [4.69, 9.17) is 10.5 Å². The number of anilines is 2. The first kappa shape index (κ1) is 13.1. The fourth-order valence-corrected chi connectivity index (χ4v) is 2.43. The average molecular weight is 265 g/mol. The molecule has 1 heterocycles. The molecule has 0 aliphatic carbocycles. The van der Waals surface area contributed by atoms with Crippen molar-refractivity contribution in [3.63, 3.8) is 0 Å². The van der Waals surface area contributed by atoms with Crippen LogP contribution in [0.25, 0.3) is 0 Å². The fraction of sp³-hybridized carbons (Fsp3) is 0.417. The van der Waals surface area contributed by atoms with E-state index in [0.717, 1.165) is 0 Å². The van der Waals surface area contributed by atoms with Crippen LogP contribution in [-0.4, -0.2) is 24.2 Å². The molecule has 0 bridgehead atoms. The van der Waals surface area contributed by atoms with Gasteiger partial charge in [0, 0.05) is 6.04 Å². The van der Waals surface area contributed by atoms with Crippen LogP contribution >= 0.6 is 0 Å². The molecule has 2 N–H and O–H groups in total. The summed E-state index contributed by atoms with van der Waals surface area (Å²) in [7, 11) is 1.29. The van der Waals surface area contributed by atoms with Gasteiger partial charge in [-0.2, -0.15) is 0 Å². The number of carbonyl (C=O) groups is 1. The van der Waals surface area contributed by atoms with E-state index < -0.39 is 11.0 Å². The van der Waals surface area contributed by atoms with Crippen LogP contribution in [0.4, 0.5) is 21.9 Å². The molecule has 1 aromatic rings. The van der Waals surface area contributed by atoms with E-state index in [1.807, 2.05) is 6.92 Å². The summed E-state index contributed by atoms with van der Waals surface area (Å²) in [6.07, 6.45) is 0.630. The number of benzene rings is 1.